The van der Waals surface area contributed by atoms with Gasteiger partial charge >= 0.3 is 0 Å². The molecule has 7 heteroatoms. The molecule has 0 radical (unpaired) electrons. The zero-order valence-corrected chi connectivity index (χ0v) is 12.5. The summed E-state index contributed by atoms with van der Waals surface area (Å²) in [5.41, 5.74) is 0. The van der Waals surface area contributed by atoms with Crippen LogP contribution >= 0.6 is 39.3 Å². The van der Waals surface area contributed by atoms with Gasteiger partial charge in [-0.3, -0.25) is 0 Å². The van der Waals surface area contributed by atoms with E-state index < -0.39 is 10.0 Å². The van der Waals surface area contributed by atoms with Crippen molar-refractivity contribution >= 4 is 49.3 Å². The highest BCUT2D eigenvalue weighted by molar-refractivity contribution is 9.10. The third-order valence-electron chi connectivity index (χ3n) is 1.78. The van der Waals surface area contributed by atoms with Gasteiger partial charge in [0.25, 0.3) is 0 Å². The first-order valence-corrected chi connectivity index (χ1v) is 8.46. The molecule has 3 nitrogen and oxygen atoms in total. The van der Waals surface area contributed by atoms with Crippen molar-refractivity contribution in [1.29, 1.82) is 0 Å². The van der Waals surface area contributed by atoms with Crippen LogP contribution in [-0.4, -0.2) is 27.0 Å². The second-order valence-corrected chi connectivity index (χ2v) is 7.01. The molecule has 0 aliphatic heterocycles. The average Bonchev–Trinajstić information content (AvgIpc) is 2.17. The third kappa shape index (κ3) is 3.92. The van der Waals surface area contributed by atoms with Crippen LogP contribution in [0.1, 0.15) is 0 Å². The van der Waals surface area contributed by atoms with Crippen LogP contribution in [0.5, 0.6) is 0 Å². The third-order valence-corrected chi connectivity index (χ3v) is 4.83. The minimum atomic E-state index is -3.50. The van der Waals surface area contributed by atoms with Crippen LogP contribution in [0.3, 0.4) is 0 Å². The molecule has 0 unspecified atom stereocenters. The molecule has 0 aliphatic rings. The minimum absolute atomic E-state index is 0.110. The number of hydrogen-bond acceptors (Lipinski definition) is 3. The van der Waals surface area contributed by atoms with Gasteiger partial charge in [-0.25, -0.2) is 13.1 Å². The highest BCUT2D eigenvalue weighted by Crippen LogP contribution is 2.24. The molecule has 1 rings (SSSR count). The van der Waals surface area contributed by atoms with Crippen molar-refractivity contribution in [2.24, 2.45) is 0 Å². The van der Waals surface area contributed by atoms with E-state index in [0.717, 1.165) is 10.2 Å². The Labute approximate surface area is 113 Å². The van der Waals surface area contributed by atoms with Crippen molar-refractivity contribution < 1.29 is 8.42 Å². The first kappa shape index (κ1) is 14.3. The highest BCUT2D eigenvalue weighted by Gasteiger charge is 2.16. The second-order valence-electron chi connectivity index (χ2n) is 2.97. The van der Waals surface area contributed by atoms with Crippen LogP contribution in [0.15, 0.2) is 27.6 Å². The zero-order valence-electron chi connectivity index (χ0n) is 8.54. The van der Waals surface area contributed by atoms with Crippen LogP contribution in [0.4, 0.5) is 0 Å². The normalized spacial score (nSPS) is 11.7. The monoisotopic (exact) mass is 343 g/mol. The van der Waals surface area contributed by atoms with Gasteiger partial charge in [-0.05, 0) is 24.5 Å². The molecule has 0 aromatic heterocycles. The van der Waals surface area contributed by atoms with Crippen molar-refractivity contribution in [3.05, 3.63) is 27.7 Å². The molecule has 0 saturated carbocycles. The van der Waals surface area contributed by atoms with Crippen molar-refractivity contribution in [3.63, 3.8) is 0 Å². The number of nitrogens with one attached hydrogen (secondary N) is 1. The van der Waals surface area contributed by atoms with Gasteiger partial charge < -0.3 is 0 Å². The van der Waals surface area contributed by atoms with Gasteiger partial charge in [-0.15, -0.1) is 0 Å². The zero-order chi connectivity index (χ0) is 12.2. The molecule has 0 atom stereocenters. The lowest BCUT2D eigenvalue weighted by atomic mass is 10.4. The van der Waals surface area contributed by atoms with E-state index in [1.54, 1.807) is 23.9 Å². The maximum Gasteiger partial charge on any atom is 0.242 e. The lowest BCUT2D eigenvalue weighted by Gasteiger charge is -2.07. The number of thioether (sulfide) groups is 1. The number of benzene rings is 1. The van der Waals surface area contributed by atoms with Gasteiger partial charge in [0.1, 0.15) is 4.90 Å². The number of halogens is 2. The summed E-state index contributed by atoms with van der Waals surface area (Å²) in [5.74, 6) is 0.730. The van der Waals surface area contributed by atoms with E-state index in [1.165, 1.54) is 6.07 Å². The molecule has 1 aromatic rings. The summed E-state index contributed by atoms with van der Waals surface area (Å²) in [5, 5.41) is 0.214. The van der Waals surface area contributed by atoms with E-state index in [4.69, 9.17) is 11.6 Å². The Bertz CT molecular complexity index is 465. The van der Waals surface area contributed by atoms with E-state index in [-0.39, 0.29) is 9.92 Å². The fourth-order valence-electron chi connectivity index (χ4n) is 1.05. The first-order chi connectivity index (χ1) is 7.47. The first-order valence-electron chi connectivity index (χ1n) is 4.41. The Morgan fingerprint density at radius 3 is 2.75 bits per heavy atom. The van der Waals surface area contributed by atoms with Crippen molar-refractivity contribution in [2.45, 2.75) is 4.90 Å². The summed E-state index contributed by atoms with van der Waals surface area (Å²) < 4.78 is 26.9. The maximum absolute atomic E-state index is 11.8. The molecule has 0 amide bonds. The lowest BCUT2D eigenvalue weighted by molar-refractivity contribution is 0.584. The molecular formula is C9H11BrClNO2S2. The summed E-state index contributed by atoms with van der Waals surface area (Å²) in [4.78, 5) is 0.110. The van der Waals surface area contributed by atoms with Crippen LogP contribution in [0.2, 0.25) is 5.02 Å². The van der Waals surface area contributed by atoms with Crippen LogP contribution in [-0.2, 0) is 10.0 Å². The quantitative estimate of drug-likeness (QED) is 0.836. The smallest absolute Gasteiger partial charge is 0.210 e. The predicted molar refractivity (Wildman–Crippen MR) is 72.7 cm³/mol. The van der Waals surface area contributed by atoms with Crippen molar-refractivity contribution in [1.82, 2.24) is 4.72 Å². The summed E-state index contributed by atoms with van der Waals surface area (Å²) in [6, 6.07) is 4.69. The van der Waals surface area contributed by atoms with Gasteiger partial charge in [-0.2, -0.15) is 11.8 Å². The SMILES string of the molecule is CSCCNS(=O)(=O)c1ccc(Br)cc1Cl. The topological polar surface area (TPSA) is 46.2 Å². The Morgan fingerprint density at radius 1 is 1.50 bits per heavy atom. The van der Waals surface area contributed by atoms with Gasteiger partial charge in [0.2, 0.25) is 10.0 Å². The van der Waals surface area contributed by atoms with Crippen LogP contribution in [0, 0.1) is 0 Å². The van der Waals surface area contributed by atoms with E-state index in [9.17, 15) is 8.42 Å². The van der Waals surface area contributed by atoms with Gasteiger partial charge in [0, 0.05) is 16.8 Å². The Morgan fingerprint density at radius 2 is 2.19 bits per heavy atom. The summed E-state index contributed by atoms with van der Waals surface area (Å²) in [7, 11) is -3.50. The molecule has 0 aliphatic carbocycles. The molecule has 0 fully saturated rings. The molecule has 1 N–H and O–H groups in total. The molecule has 0 saturated heterocycles. The fourth-order valence-corrected chi connectivity index (χ4v) is 3.55. The van der Waals surface area contributed by atoms with Crippen molar-refractivity contribution in [3.8, 4) is 0 Å². The van der Waals surface area contributed by atoms with Gasteiger partial charge in [0.05, 0.1) is 5.02 Å². The number of hydrogen-bond donors (Lipinski definition) is 1. The van der Waals surface area contributed by atoms with Crippen LogP contribution < -0.4 is 4.72 Å². The van der Waals surface area contributed by atoms with Gasteiger partial charge in [0.15, 0.2) is 0 Å². The summed E-state index contributed by atoms with van der Waals surface area (Å²) in [6.45, 7) is 0.399. The largest absolute Gasteiger partial charge is 0.242 e. The molecular weight excluding hydrogens is 334 g/mol. The molecule has 1 aromatic carbocycles. The second kappa shape index (κ2) is 6.26. The maximum atomic E-state index is 11.8. The Kier molecular flexibility index (Phi) is 5.60. The van der Waals surface area contributed by atoms with E-state index in [2.05, 4.69) is 20.7 Å². The standard InChI is InChI=1S/C9H11BrClNO2S2/c1-15-5-4-12-16(13,14)9-3-2-7(10)6-8(9)11/h2-3,6,12H,4-5H2,1H3. The van der Waals surface area contributed by atoms with Crippen LogP contribution in [0.25, 0.3) is 0 Å². The minimum Gasteiger partial charge on any atom is -0.210 e. The van der Waals surface area contributed by atoms with E-state index in [0.29, 0.717) is 6.54 Å². The molecule has 0 spiro atoms. The average molecular weight is 345 g/mol. The number of rotatable bonds is 5. The fraction of sp³-hybridized carbons (Fsp3) is 0.333. The molecule has 90 valence electrons. The van der Waals surface area contributed by atoms with E-state index in [1.807, 2.05) is 6.26 Å². The summed E-state index contributed by atoms with van der Waals surface area (Å²) >= 11 is 10.7. The Hall–Kier alpha value is 0.250. The van der Waals surface area contributed by atoms with Crippen molar-refractivity contribution in [2.75, 3.05) is 18.6 Å². The molecule has 0 bridgehead atoms. The highest BCUT2D eigenvalue weighted by atomic mass is 79.9. The molecule has 0 heterocycles. The predicted octanol–water partition coefficient (Wildman–Crippen LogP) is 2.74. The Balaban J connectivity index is 2.90. The lowest BCUT2D eigenvalue weighted by Crippen LogP contribution is -2.26. The summed E-state index contributed by atoms with van der Waals surface area (Å²) in [6.07, 6.45) is 1.92. The number of sulfonamides is 1. The van der Waals surface area contributed by atoms with Gasteiger partial charge in [-0.1, -0.05) is 27.5 Å². The molecule has 16 heavy (non-hydrogen) atoms. The van der Waals surface area contributed by atoms with E-state index >= 15 is 0 Å².